The van der Waals surface area contributed by atoms with Crippen LogP contribution in [0.15, 0.2) is 42.2 Å². The molecule has 3 rings (SSSR count). The van der Waals surface area contributed by atoms with E-state index in [2.05, 4.69) is 4.74 Å². The van der Waals surface area contributed by atoms with Gasteiger partial charge in [0.05, 0.1) is 11.6 Å². The highest BCUT2D eigenvalue weighted by Gasteiger charge is 2.31. The van der Waals surface area contributed by atoms with Crippen LogP contribution in [0.2, 0.25) is 0 Å². The van der Waals surface area contributed by atoms with Crippen molar-refractivity contribution in [3.05, 3.63) is 53.3 Å². The third kappa shape index (κ3) is 1.99. The smallest absolute Gasteiger partial charge is 0.270 e. The van der Waals surface area contributed by atoms with Gasteiger partial charge in [0.2, 0.25) is 0 Å². The maximum Gasteiger partial charge on any atom is 0.270 e. The van der Waals surface area contributed by atoms with Crippen LogP contribution in [0.5, 0.6) is 23.0 Å². The molecule has 102 valence electrons. The van der Waals surface area contributed by atoms with Crippen molar-refractivity contribution in [3.8, 4) is 23.0 Å². The van der Waals surface area contributed by atoms with Gasteiger partial charge < -0.3 is 25.2 Å². The second-order valence-electron chi connectivity index (χ2n) is 4.59. The number of benzene rings is 2. The van der Waals surface area contributed by atoms with E-state index >= 15 is 0 Å². The van der Waals surface area contributed by atoms with E-state index in [9.17, 15) is 20.4 Å². The second-order valence-corrected chi connectivity index (χ2v) is 4.59. The van der Waals surface area contributed by atoms with Crippen molar-refractivity contribution in [2.75, 3.05) is 0 Å². The van der Waals surface area contributed by atoms with Gasteiger partial charge in [-0.05, 0) is 24.3 Å². The lowest BCUT2D eigenvalue weighted by Crippen LogP contribution is -2.12. The Morgan fingerprint density at radius 1 is 0.850 bits per heavy atom. The number of hydrogen-bond donors (Lipinski definition) is 4. The molecule has 0 aromatic heterocycles. The number of fused-ring (bicyclic) bond motifs is 1. The number of rotatable bonds is 1. The number of aliphatic hydroxyl groups excluding tert-OH is 1. The fourth-order valence-corrected chi connectivity index (χ4v) is 2.20. The number of ether oxygens (including phenoxy) is 1. The molecule has 20 heavy (non-hydrogen) atoms. The lowest BCUT2D eigenvalue weighted by atomic mass is 10.0. The minimum Gasteiger partial charge on any atom is -0.571 e. The first-order valence-electron chi connectivity index (χ1n) is 6.01. The second kappa shape index (κ2) is 4.38. The Labute approximate surface area is 114 Å². The largest absolute Gasteiger partial charge is 0.571 e. The third-order valence-electron chi connectivity index (χ3n) is 3.17. The molecule has 2 aromatic rings. The molecule has 0 fully saturated rings. The van der Waals surface area contributed by atoms with E-state index in [4.69, 9.17) is 0 Å². The van der Waals surface area contributed by atoms with E-state index in [1.165, 1.54) is 30.3 Å². The molecule has 0 saturated heterocycles. The minimum absolute atomic E-state index is 0.0100. The maximum atomic E-state index is 10.1. The molecule has 1 heterocycles. The highest BCUT2D eigenvalue weighted by atomic mass is 16.5. The van der Waals surface area contributed by atoms with Gasteiger partial charge in [0.25, 0.3) is 11.9 Å². The molecule has 0 radical (unpaired) electrons. The maximum absolute atomic E-state index is 10.1. The van der Waals surface area contributed by atoms with Crippen molar-refractivity contribution < 1.29 is 25.2 Å². The van der Waals surface area contributed by atoms with Crippen molar-refractivity contribution in [1.82, 2.24) is 0 Å². The predicted molar refractivity (Wildman–Crippen MR) is 72.9 cm³/mol. The summed E-state index contributed by atoms with van der Waals surface area (Å²) in [6.45, 7) is 0. The summed E-state index contributed by atoms with van der Waals surface area (Å²) in [5.74, 6) is 0.287. The molecule has 0 aliphatic carbocycles. The number of hydrogen-bond acceptors (Lipinski definition) is 4. The Morgan fingerprint density at radius 3 is 2.25 bits per heavy atom. The van der Waals surface area contributed by atoms with E-state index in [1.54, 1.807) is 12.1 Å². The molecule has 1 atom stereocenters. The predicted octanol–water partition coefficient (Wildman–Crippen LogP) is 2.70. The summed E-state index contributed by atoms with van der Waals surface area (Å²) >= 11 is 0. The zero-order chi connectivity index (χ0) is 14.3. The van der Waals surface area contributed by atoms with Crippen molar-refractivity contribution in [2.24, 2.45) is 0 Å². The molecule has 0 saturated carbocycles. The number of phenolic OH excluding ortho intramolecular Hbond substituents is 3. The van der Waals surface area contributed by atoms with Crippen molar-refractivity contribution in [2.45, 2.75) is 6.10 Å². The Morgan fingerprint density at radius 2 is 1.55 bits per heavy atom. The van der Waals surface area contributed by atoms with Crippen molar-refractivity contribution in [1.29, 1.82) is 0 Å². The van der Waals surface area contributed by atoms with Crippen LogP contribution in [0.4, 0.5) is 0 Å². The normalized spacial score (nSPS) is 17.0. The number of phenols is 3. The third-order valence-corrected chi connectivity index (χ3v) is 3.17. The molecular weight excluding hydrogens is 260 g/mol. The summed E-state index contributed by atoms with van der Waals surface area (Å²) in [7, 11) is 0. The zero-order valence-electron chi connectivity index (χ0n) is 10.4. The topological polar surface area (TPSA) is 93.7 Å². The van der Waals surface area contributed by atoms with Crippen LogP contribution in [-0.4, -0.2) is 25.2 Å². The summed E-state index contributed by atoms with van der Waals surface area (Å²) in [5, 5.41) is 38.6. The quantitative estimate of drug-likeness (QED) is 0.601. The van der Waals surface area contributed by atoms with Gasteiger partial charge in [-0.3, -0.25) is 0 Å². The molecule has 2 aromatic carbocycles. The van der Waals surface area contributed by atoms with Crippen molar-refractivity contribution in [3.63, 3.8) is 0 Å². The molecule has 1 unspecified atom stereocenters. The van der Waals surface area contributed by atoms with Gasteiger partial charge in [-0.25, -0.2) is 0 Å². The molecule has 0 bridgehead atoms. The Kier molecular flexibility index (Phi) is 2.68. The van der Waals surface area contributed by atoms with Crippen LogP contribution >= 0.6 is 0 Å². The number of aliphatic hydroxyl groups is 2. The Balaban J connectivity index is 2.04. The van der Waals surface area contributed by atoms with Crippen LogP contribution < -0.4 is 0 Å². The minimum atomic E-state index is -0.621. The van der Waals surface area contributed by atoms with Crippen LogP contribution in [0.3, 0.4) is 0 Å². The van der Waals surface area contributed by atoms with Gasteiger partial charge in [0.1, 0.15) is 22.8 Å². The molecule has 0 amide bonds. The first-order chi connectivity index (χ1) is 9.54. The zero-order valence-corrected chi connectivity index (χ0v) is 10.4. The average Bonchev–Trinajstić information content (AvgIpc) is 2.40. The van der Waals surface area contributed by atoms with Gasteiger partial charge in [-0.2, -0.15) is 0 Å². The van der Waals surface area contributed by atoms with E-state index in [1.807, 2.05) is 0 Å². The Hall–Kier alpha value is -2.82. The van der Waals surface area contributed by atoms with E-state index in [0.29, 0.717) is 16.9 Å². The lowest BCUT2D eigenvalue weighted by Gasteiger charge is -2.22. The summed E-state index contributed by atoms with van der Waals surface area (Å²) in [4.78, 5) is 0. The van der Waals surface area contributed by atoms with Crippen LogP contribution in [0.1, 0.15) is 17.2 Å². The summed E-state index contributed by atoms with van der Waals surface area (Å²) in [6.07, 6.45) is 0.804. The Bertz CT molecular complexity index is 688. The molecule has 0 spiro atoms. The summed E-state index contributed by atoms with van der Waals surface area (Å²) in [5.41, 5.74) is 1.07. The van der Waals surface area contributed by atoms with Gasteiger partial charge in [-0.15, -0.1) is 0 Å². The number of aromatic hydroxyl groups is 4. The van der Waals surface area contributed by atoms with Crippen molar-refractivity contribution >= 4 is 6.08 Å². The monoisotopic (exact) mass is 273 g/mol. The lowest BCUT2D eigenvalue weighted by molar-refractivity contribution is -0.0195. The SMILES string of the molecule is OC1=Cc2c(O)cc(O)cc2[OH+]C1c1ccc(O)cc1. The van der Waals surface area contributed by atoms with E-state index < -0.39 is 6.10 Å². The van der Waals surface area contributed by atoms with Crippen LogP contribution in [0.25, 0.3) is 6.08 Å². The summed E-state index contributed by atoms with van der Waals surface area (Å²) < 4.78 is 4.33. The molecule has 5 nitrogen and oxygen atoms in total. The molecule has 1 aliphatic heterocycles. The highest BCUT2D eigenvalue weighted by Crippen LogP contribution is 2.43. The standard InChI is InChI=1S/C15H12O5/c16-9-3-1-8(2-4-9)15-13(19)7-11-12(18)5-10(17)6-14(11)20-15/h1-7,15-19H/p+1. The molecule has 1 aliphatic rings. The van der Waals surface area contributed by atoms with E-state index in [0.717, 1.165) is 0 Å². The van der Waals surface area contributed by atoms with Crippen LogP contribution in [0, 0.1) is 0 Å². The first-order valence-corrected chi connectivity index (χ1v) is 6.01. The highest BCUT2D eigenvalue weighted by molar-refractivity contribution is 5.69. The molecular formula is C15H13O5+. The van der Waals surface area contributed by atoms with Gasteiger partial charge in [-0.1, -0.05) is 0 Å². The van der Waals surface area contributed by atoms with Gasteiger partial charge in [0, 0.05) is 12.1 Å². The van der Waals surface area contributed by atoms with E-state index in [-0.39, 0.29) is 23.0 Å². The fourth-order valence-electron chi connectivity index (χ4n) is 2.20. The van der Waals surface area contributed by atoms with Crippen LogP contribution in [-0.2, 0) is 0 Å². The summed E-state index contributed by atoms with van der Waals surface area (Å²) in [6, 6.07) is 8.94. The van der Waals surface area contributed by atoms with Gasteiger partial charge in [0.15, 0.2) is 5.76 Å². The van der Waals surface area contributed by atoms with Gasteiger partial charge >= 0.3 is 0 Å². The first kappa shape index (κ1) is 12.2. The fraction of sp³-hybridized carbons (Fsp3) is 0.0667. The molecule has 5 heteroatoms. The average molecular weight is 273 g/mol. The molecule has 5 N–H and O–H groups in total.